The highest BCUT2D eigenvalue weighted by atomic mass is 79.9. The predicted octanol–water partition coefficient (Wildman–Crippen LogP) is 4.55. The summed E-state index contributed by atoms with van der Waals surface area (Å²) in [7, 11) is 0. The van der Waals surface area contributed by atoms with Crippen LogP contribution in [0.25, 0.3) is 0 Å². The number of piperidine rings is 1. The molecule has 0 aliphatic carbocycles. The summed E-state index contributed by atoms with van der Waals surface area (Å²) in [6, 6.07) is 8.76. The smallest absolute Gasteiger partial charge is 0.0207 e. The summed E-state index contributed by atoms with van der Waals surface area (Å²) in [5.41, 5.74) is 1.82. The van der Waals surface area contributed by atoms with Crippen molar-refractivity contribution in [2.75, 3.05) is 6.54 Å². The van der Waals surface area contributed by atoms with Crippen molar-refractivity contribution in [3.8, 4) is 0 Å². The molecule has 0 radical (unpaired) electrons. The normalized spacial score (nSPS) is 24.4. The molecule has 1 fully saturated rings. The summed E-state index contributed by atoms with van der Waals surface area (Å²) in [4.78, 5) is 0. The van der Waals surface area contributed by atoms with E-state index in [0.717, 1.165) is 0 Å². The molecule has 1 saturated heterocycles. The maximum atomic E-state index is 3.80. The number of nitrogens with one attached hydrogen (secondary N) is 1. The Morgan fingerprint density at radius 1 is 1.22 bits per heavy atom. The predicted molar refractivity (Wildman–Crippen MR) is 81.9 cm³/mol. The average Bonchev–Trinajstić information content (AvgIpc) is 2.39. The molecule has 2 rings (SSSR count). The molecule has 0 bridgehead atoms. The molecule has 1 heterocycles. The van der Waals surface area contributed by atoms with Crippen LogP contribution in [-0.2, 0) is 6.42 Å². The molecular formula is C16H24BrN. The second-order valence-corrected chi connectivity index (χ2v) is 6.74. The molecule has 0 amide bonds. The van der Waals surface area contributed by atoms with E-state index in [4.69, 9.17) is 0 Å². The highest BCUT2D eigenvalue weighted by Crippen LogP contribution is 2.31. The zero-order valence-electron chi connectivity index (χ0n) is 11.5. The van der Waals surface area contributed by atoms with Crippen LogP contribution in [0.3, 0.4) is 0 Å². The molecule has 0 spiro atoms. The molecular weight excluding hydrogens is 286 g/mol. The first-order chi connectivity index (χ1) is 8.62. The first kappa shape index (κ1) is 14.1. The number of halogens is 1. The molecule has 1 aliphatic rings. The van der Waals surface area contributed by atoms with Gasteiger partial charge in [0.1, 0.15) is 0 Å². The lowest BCUT2D eigenvalue weighted by atomic mass is 9.75. The van der Waals surface area contributed by atoms with Gasteiger partial charge in [0, 0.05) is 10.0 Å². The Balaban J connectivity index is 1.99. The Kier molecular flexibility index (Phi) is 4.85. The van der Waals surface area contributed by atoms with Gasteiger partial charge in [-0.25, -0.2) is 0 Å². The van der Waals surface area contributed by atoms with Gasteiger partial charge in [-0.15, -0.1) is 0 Å². The first-order valence-corrected chi connectivity index (χ1v) is 7.91. The van der Waals surface area contributed by atoms with Gasteiger partial charge in [0.2, 0.25) is 0 Å². The molecule has 1 aromatic carbocycles. The van der Waals surface area contributed by atoms with Gasteiger partial charge in [-0.2, -0.15) is 0 Å². The van der Waals surface area contributed by atoms with Crippen molar-refractivity contribution in [2.45, 2.75) is 51.5 Å². The molecule has 18 heavy (non-hydrogen) atoms. The Labute approximate surface area is 119 Å². The van der Waals surface area contributed by atoms with E-state index in [1.54, 1.807) is 0 Å². The van der Waals surface area contributed by atoms with Crippen LogP contribution < -0.4 is 5.32 Å². The van der Waals surface area contributed by atoms with E-state index in [9.17, 15) is 0 Å². The van der Waals surface area contributed by atoms with Crippen LogP contribution in [0.1, 0.15) is 45.1 Å². The molecule has 1 aliphatic heterocycles. The minimum Gasteiger partial charge on any atom is -0.311 e. The number of benzene rings is 1. The van der Waals surface area contributed by atoms with Crippen molar-refractivity contribution in [3.05, 3.63) is 34.3 Å². The van der Waals surface area contributed by atoms with E-state index in [1.165, 1.54) is 48.7 Å². The van der Waals surface area contributed by atoms with Crippen LogP contribution in [0.2, 0.25) is 0 Å². The molecule has 1 unspecified atom stereocenters. The summed E-state index contributed by atoms with van der Waals surface area (Å²) in [5, 5.41) is 3.80. The van der Waals surface area contributed by atoms with Crippen molar-refractivity contribution in [3.63, 3.8) is 0 Å². The van der Waals surface area contributed by atoms with Crippen molar-refractivity contribution in [1.82, 2.24) is 5.32 Å². The minimum atomic E-state index is 0.366. The summed E-state index contributed by atoms with van der Waals surface area (Å²) >= 11 is 3.49. The lowest BCUT2D eigenvalue weighted by molar-refractivity contribution is 0.170. The van der Waals surface area contributed by atoms with E-state index in [-0.39, 0.29) is 0 Å². The number of rotatable bonds is 4. The minimum absolute atomic E-state index is 0.366. The standard InChI is InChI=1S/C16H24BrN/c1-13(2)16(10-3-4-12-18-16)11-9-14-5-7-15(17)8-6-14/h5-8,13,18H,3-4,9-12H2,1-2H3. The van der Waals surface area contributed by atoms with Gasteiger partial charge >= 0.3 is 0 Å². The third-order valence-electron chi connectivity index (χ3n) is 4.40. The van der Waals surface area contributed by atoms with Gasteiger partial charge < -0.3 is 5.32 Å². The van der Waals surface area contributed by atoms with Gasteiger partial charge in [0.05, 0.1) is 0 Å². The second-order valence-electron chi connectivity index (χ2n) is 5.82. The molecule has 0 saturated carbocycles. The lowest BCUT2D eigenvalue weighted by Gasteiger charge is -2.42. The fourth-order valence-electron chi connectivity index (χ4n) is 3.00. The van der Waals surface area contributed by atoms with E-state index in [1.807, 2.05) is 0 Å². The molecule has 1 atom stereocenters. The molecule has 1 N–H and O–H groups in total. The van der Waals surface area contributed by atoms with Crippen LogP contribution in [0.15, 0.2) is 28.7 Å². The zero-order valence-corrected chi connectivity index (χ0v) is 13.1. The Hall–Kier alpha value is -0.340. The lowest BCUT2D eigenvalue weighted by Crippen LogP contribution is -2.52. The van der Waals surface area contributed by atoms with Gasteiger partial charge in [0.15, 0.2) is 0 Å². The van der Waals surface area contributed by atoms with Crippen LogP contribution in [-0.4, -0.2) is 12.1 Å². The van der Waals surface area contributed by atoms with E-state index < -0.39 is 0 Å². The van der Waals surface area contributed by atoms with Crippen LogP contribution in [0.4, 0.5) is 0 Å². The van der Waals surface area contributed by atoms with Gasteiger partial charge in [-0.05, 0) is 55.8 Å². The van der Waals surface area contributed by atoms with Crippen molar-refractivity contribution >= 4 is 15.9 Å². The maximum Gasteiger partial charge on any atom is 0.0207 e. The highest BCUT2D eigenvalue weighted by molar-refractivity contribution is 9.10. The molecule has 1 aromatic rings. The highest BCUT2D eigenvalue weighted by Gasteiger charge is 2.34. The van der Waals surface area contributed by atoms with Crippen LogP contribution >= 0.6 is 15.9 Å². The van der Waals surface area contributed by atoms with Gasteiger partial charge in [-0.1, -0.05) is 48.3 Å². The zero-order chi connectivity index (χ0) is 13.0. The fraction of sp³-hybridized carbons (Fsp3) is 0.625. The van der Waals surface area contributed by atoms with Gasteiger partial charge in [-0.3, -0.25) is 0 Å². The van der Waals surface area contributed by atoms with Gasteiger partial charge in [0.25, 0.3) is 0 Å². The topological polar surface area (TPSA) is 12.0 Å². The first-order valence-electron chi connectivity index (χ1n) is 7.12. The monoisotopic (exact) mass is 309 g/mol. The van der Waals surface area contributed by atoms with E-state index in [2.05, 4.69) is 59.4 Å². The second kappa shape index (κ2) is 6.21. The third-order valence-corrected chi connectivity index (χ3v) is 4.93. The van der Waals surface area contributed by atoms with Crippen LogP contribution in [0, 0.1) is 5.92 Å². The van der Waals surface area contributed by atoms with Crippen LogP contribution in [0.5, 0.6) is 0 Å². The maximum absolute atomic E-state index is 3.80. The SMILES string of the molecule is CC(C)C1(CCc2ccc(Br)cc2)CCCCN1. The summed E-state index contributed by atoms with van der Waals surface area (Å²) in [6.45, 7) is 5.92. The largest absolute Gasteiger partial charge is 0.311 e. The fourth-order valence-corrected chi connectivity index (χ4v) is 3.27. The van der Waals surface area contributed by atoms with Crippen molar-refractivity contribution < 1.29 is 0 Å². The molecule has 100 valence electrons. The third kappa shape index (κ3) is 3.36. The quantitative estimate of drug-likeness (QED) is 0.860. The number of hydrogen-bond donors (Lipinski definition) is 1. The average molecular weight is 310 g/mol. The number of hydrogen-bond acceptors (Lipinski definition) is 1. The van der Waals surface area contributed by atoms with Crippen molar-refractivity contribution in [1.29, 1.82) is 0 Å². The van der Waals surface area contributed by atoms with E-state index >= 15 is 0 Å². The molecule has 0 aromatic heterocycles. The summed E-state index contributed by atoms with van der Waals surface area (Å²) < 4.78 is 1.17. The molecule has 1 nitrogen and oxygen atoms in total. The van der Waals surface area contributed by atoms with Crippen molar-refractivity contribution in [2.24, 2.45) is 5.92 Å². The summed E-state index contributed by atoms with van der Waals surface area (Å²) in [6.07, 6.45) is 6.49. The Morgan fingerprint density at radius 3 is 2.50 bits per heavy atom. The number of aryl methyl sites for hydroxylation is 1. The molecule has 2 heteroatoms. The van der Waals surface area contributed by atoms with E-state index in [0.29, 0.717) is 11.5 Å². The summed E-state index contributed by atoms with van der Waals surface area (Å²) in [5.74, 6) is 0.716. The Morgan fingerprint density at radius 2 is 1.94 bits per heavy atom. The Bertz CT molecular complexity index is 363.